The van der Waals surface area contributed by atoms with Gasteiger partial charge in [-0.05, 0) is 23.8 Å². The highest BCUT2D eigenvalue weighted by molar-refractivity contribution is 14.2. The molecule has 1 aromatic carbocycles. The Bertz CT molecular complexity index is 716. The number of aliphatic hydroxyl groups is 1. The normalized spacial score (nSPS) is 13.4. The Morgan fingerprint density at radius 2 is 1.87 bits per heavy atom. The summed E-state index contributed by atoms with van der Waals surface area (Å²) in [6.45, 7) is 3.70. The molecule has 2 aromatic rings. The summed E-state index contributed by atoms with van der Waals surface area (Å²) < 4.78 is 7.52. The van der Waals surface area contributed by atoms with E-state index in [0.717, 1.165) is 5.75 Å². The standard InChI is InChI=1S/C16H13Cl2IN2O2/c1-2-11(8-9-19-23-12-6-4-3-5-7-12)14(22)13-15(17)20-10-21-16(13)18/h2-10,14,22H,1H2/b11-8+. The van der Waals surface area contributed by atoms with Crippen LogP contribution in [0.5, 0.6) is 5.75 Å². The zero-order valence-corrected chi connectivity index (χ0v) is 15.5. The van der Waals surface area contributed by atoms with E-state index in [9.17, 15) is 5.11 Å². The van der Waals surface area contributed by atoms with Crippen LogP contribution in [-0.2, 0) is 0 Å². The molecule has 1 aromatic heterocycles. The first kappa shape index (κ1) is 18.1. The Labute approximate surface area is 154 Å². The number of benzene rings is 1. The van der Waals surface area contributed by atoms with Gasteiger partial charge in [-0.25, -0.2) is 9.97 Å². The van der Waals surface area contributed by atoms with E-state index in [1.807, 2.05) is 34.3 Å². The van der Waals surface area contributed by atoms with E-state index in [1.165, 1.54) is 12.4 Å². The number of rotatable bonds is 6. The predicted octanol–water partition coefficient (Wildman–Crippen LogP) is 4.70. The minimum absolute atomic E-state index is 0.112. The quantitative estimate of drug-likeness (QED) is 0.384. The maximum absolute atomic E-state index is 10.4. The van der Waals surface area contributed by atoms with Crippen molar-refractivity contribution in [1.82, 2.24) is 9.97 Å². The van der Waals surface area contributed by atoms with Gasteiger partial charge >= 0.3 is 0 Å². The van der Waals surface area contributed by atoms with Crippen molar-refractivity contribution in [2.24, 2.45) is 0 Å². The summed E-state index contributed by atoms with van der Waals surface area (Å²) in [6, 6.07) is 9.53. The lowest BCUT2D eigenvalue weighted by atomic mass is 10.0. The maximum atomic E-state index is 10.4. The minimum atomic E-state index is -1.05. The SMILES string of the molecule is C=C/C(=C\C=IOc1ccccc1)C(O)c1c(Cl)ncnc1Cl. The van der Waals surface area contributed by atoms with Crippen LogP contribution in [0.3, 0.4) is 0 Å². The molecule has 0 bridgehead atoms. The average molecular weight is 463 g/mol. The summed E-state index contributed by atoms with van der Waals surface area (Å²) in [6.07, 6.45) is 3.47. The van der Waals surface area contributed by atoms with E-state index in [1.54, 1.807) is 6.08 Å². The Morgan fingerprint density at radius 3 is 2.48 bits per heavy atom. The van der Waals surface area contributed by atoms with Gasteiger partial charge in [-0.15, -0.1) is 0 Å². The summed E-state index contributed by atoms with van der Waals surface area (Å²) >= 11 is 11.3. The fraction of sp³-hybridized carbons (Fsp3) is 0.0625. The summed E-state index contributed by atoms with van der Waals surface area (Å²) in [4.78, 5) is 7.67. The van der Waals surface area contributed by atoms with E-state index in [-0.39, 0.29) is 15.9 Å². The van der Waals surface area contributed by atoms with Crippen LogP contribution in [0, 0.1) is 0 Å². The van der Waals surface area contributed by atoms with Crippen molar-refractivity contribution >= 4 is 48.4 Å². The summed E-state index contributed by atoms with van der Waals surface area (Å²) in [5.74, 6) is 0.813. The molecule has 7 heteroatoms. The smallest absolute Gasteiger partial charge is 0.140 e. The van der Waals surface area contributed by atoms with Gasteiger partial charge in [-0.3, -0.25) is 0 Å². The third-order valence-electron chi connectivity index (χ3n) is 2.80. The topological polar surface area (TPSA) is 55.2 Å². The molecule has 120 valence electrons. The molecule has 1 atom stereocenters. The first-order valence-corrected chi connectivity index (χ1v) is 9.37. The van der Waals surface area contributed by atoms with Crippen LogP contribution < -0.4 is 3.07 Å². The minimum Gasteiger partial charge on any atom is -0.436 e. The lowest BCUT2D eigenvalue weighted by Crippen LogP contribution is -2.04. The number of aromatic nitrogens is 2. The van der Waals surface area contributed by atoms with Crippen molar-refractivity contribution in [2.45, 2.75) is 6.10 Å². The molecule has 23 heavy (non-hydrogen) atoms. The van der Waals surface area contributed by atoms with Gasteiger partial charge in [0, 0.05) is 4.01 Å². The van der Waals surface area contributed by atoms with Crippen LogP contribution in [-0.4, -0.2) is 19.1 Å². The predicted molar refractivity (Wildman–Crippen MR) is 102 cm³/mol. The Morgan fingerprint density at radius 1 is 1.22 bits per heavy atom. The fourth-order valence-corrected chi connectivity index (χ4v) is 3.48. The van der Waals surface area contributed by atoms with Crippen LogP contribution in [0.15, 0.2) is 61.0 Å². The number of hydrogen-bond donors (Lipinski definition) is 1. The van der Waals surface area contributed by atoms with Crippen LogP contribution in [0.2, 0.25) is 10.3 Å². The van der Waals surface area contributed by atoms with Crippen molar-refractivity contribution in [2.75, 3.05) is 0 Å². The Balaban J connectivity index is 2.13. The largest absolute Gasteiger partial charge is 0.436 e. The van der Waals surface area contributed by atoms with Crippen molar-refractivity contribution in [3.63, 3.8) is 0 Å². The average Bonchev–Trinajstić information content (AvgIpc) is 2.55. The number of para-hydroxylation sites is 1. The number of hydrogen-bond acceptors (Lipinski definition) is 4. The number of halogens is 3. The first-order valence-electron chi connectivity index (χ1n) is 6.48. The highest BCUT2D eigenvalue weighted by Gasteiger charge is 2.19. The van der Waals surface area contributed by atoms with Gasteiger partial charge in [0.15, 0.2) is 0 Å². The van der Waals surface area contributed by atoms with Gasteiger partial charge in [0.25, 0.3) is 0 Å². The molecule has 1 unspecified atom stereocenters. The van der Waals surface area contributed by atoms with Crippen LogP contribution >= 0.6 is 44.3 Å². The number of allylic oxidation sites excluding steroid dienone is 1. The van der Waals surface area contributed by atoms with Crippen LogP contribution in [0.1, 0.15) is 11.7 Å². The molecule has 1 N–H and O–H groups in total. The molecule has 0 aliphatic rings. The lowest BCUT2D eigenvalue weighted by molar-refractivity contribution is 0.219. The third-order valence-corrected chi connectivity index (χ3v) is 4.81. The third kappa shape index (κ3) is 5.10. The van der Waals surface area contributed by atoms with Gasteiger partial charge in [0.1, 0.15) is 49.6 Å². The number of aliphatic hydroxyl groups excluding tert-OH is 1. The second-order valence-electron chi connectivity index (χ2n) is 4.25. The second-order valence-corrected chi connectivity index (χ2v) is 6.63. The second kappa shape index (κ2) is 9.12. The van der Waals surface area contributed by atoms with Crippen LogP contribution in [0.4, 0.5) is 0 Å². The van der Waals surface area contributed by atoms with Crippen molar-refractivity contribution in [3.8, 4) is 5.75 Å². The van der Waals surface area contributed by atoms with E-state index >= 15 is 0 Å². The molecule has 0 saturated heterocycles. The van der Waals surface area contributed by atoms with E-state index in [2.05, 4.69) is 16.5 Å². The van der Waals surface area contributed by atoms with Crippen LogP contribution in [0.25, 0.3) is 0 Å². The molecule has 0 aliphatic carbocycles. The molecular formula is C16H13Cl2IN2O2. The molecule has 0 amide bonds. The van der Waals surface area contributed by atoms with Crippen molar-refractivity contribution < 1.29 is 8.17 Å². The highest BCUT2D eigenvalue weighted by atomic mass is 127. The molecular weight excluding hydrogens is 450 g/mol. The van der Waals surface area contributed by atoms with Gasteiger partial charge in [-0.2, -0.15) is 0 Å². The molecule has 0 fully saturated rings. The molecule has 1 heterocycles. The zero-order chi connectivity index (χ0) is 16.7. The van der Waals surface area contributed by atoms with E-state index in [4.69, 9.17) is 26.3 Å². The Kier molecular flexibility index (Phi) is 7.16. The van der Waals surface area contributed by atoms with Crippen molar-refractivity contribution in [3.05, 3.63) is 76.8 Å². The fourth-order valence-electron chi connectivity index (χ4n) is 1.67. The summed E-state index contributed by atoms with van der Waals surface area (Å²) in [5.41, 5.74) is 0.803. The Hall–Kier alpha value is -1.28. The van der Waals surface area contributed by atoms with Gasteiger partial charge in [0.2, 0.25) is 0 Å². The van der Waals surface area contributed by atoms with Gasteiger partial charge in [-0.1, -0.05) is 54.1 Å². The molecule has 0 spiro atoms. The number of nitrogens with zero attached hydrogens (tertiary/aromatic N) is 2. The highest BCUT2D eigenvalue weighted by Crippen LogP contribution is 2.31. The molecule has 0 radical (unpaired) electrons. The van der Waals surface area contributed by atoms with E-state index < -0.39 is 27.2 Å². The van der Waals surface area contributed by atoms with Gasteiger partial charge in [0.05, 0.1) is 5.56 Å². The molecule has 4 nitrogen and oxygen atoms in total. The zero-order valence-electron chi connectivity index (χ0n) is 11.9. The monoisotopic (exact) mass is 462 g/mol. The maximum Gasteiger partial charge on any atom is 0.140 e. The summed E-state index contributed by atoms with van der Waals surface area (Å²) in [5, 5.41) is 10.6. The van der Waals surface area contributed by atoms with E-state index in [0.29, 0.717) is 5.57 Å². The molecule has 2 rings (SSSR count). The summed E-state index contributed by atoms with van der Waals surface area (Å²) in [7, 11) is 0. The first-order chi connectivity index (χ1) is 11.1. The molecule has 0 aliphatic heterocycles. The van der Waals surface area contributed by atoms with Gasteiger partial charge < -0.3 is 8.17 Å². The van der Waals surface area contributed by atoms with Crippen molar-refractivity contribution in [1.29, 1.82) is 0 Å². The lowest BCUT2D eigenvalue weighted by Gasteiger charge is -2.13. The molecule has 0 saturated carbocycles.